The quantitative estimate of drug-likeness (QED) is 0.343. The molecule has 7 heteroatoms. The Kier molecular flexibility index (Phi) is 6.09. The van der Waals surface area contributed by atoms with Crippen molar-refractivity contribution in [1.29, 1.82) is 0 Å². The van der Waals surface area contributed by atoms with Crippen LogP contribution >= 0.6 is 11.6 Å². The molecule has 1 aliphatic heterocycles. The number of aromatic hydroxyl groups is 1. The van der Waals surface area contributed by atoms with Gasteiger partial charge in [0.25, 0.3) is 0 Å². The molecular weight excluding hydrogens is 452 g/mol. The molecular formula is C27H23ClN2O4. The second kappa shape index (κ2) is 9.33. The first-order valence-corrected chi connectivity index (χ1v) is 11.4. The molecule has 1 aromatic heterocycles. The van der Waals surface area contributed by atoms with Crippen molar-refractivity contribution in [3.8, 4) is 22.6 Å². The van der Waals surface area contributed by atoms with Gasteiger partial charge in [-0.2, -0.15) is 5.10 Å². The molecule has 5 rings (SSSR count). The number of phenolic OH excluding ortho intramolecular Hbond substituents is 1. The number of fused-ring (bicyclic) bond motifs is 1. The monoisotopic (exact) mass is 474 g/mol. The number of hydrogen-bond donors (Lipinski definition) is 2. The Balaban J connectivity index is 1.34. The van der Waals surface area contributed by atoms with Crippen molar-refractivity contribution >= 4 is 17.4 Å². The number of ketones is 1. The Morgan fingerprint density at radius 3 is 2.59 bits per heavy atom. The van der Waals surface area contributed by atoms with E-state index in [0.717, 1.165) is 16.8 Å². The lowest BCUT2D eigenvalue weighted by molar-refractivity contribution is -0.0603. The molecule has 34 heavy (non-hydrogen) atoms. The molecule has 0 fully saturated rings. The minimum absolute atomic E-state index is 0.0632. The molecule has 0 spiro atoms. The molecule has 0 saturated carbocycles. The Bertz CT molecular complexity index is 1300. The van der Waals surface area contributed by atoms with Gasteiger partial charge < -0.3 is 14.6 Å². The van der Waals surface area contributed by atoms with Crippen LogP contribution in [-0.2, 0) is 16.8 Å². The number of nitrogens with one attached hydrogen (secondary N) is 1. The number of aromatic amines is 1. The second-order valence-corrected chi connectivity index (χ2v) is 8.65. The normalized spacial score (nSPS) is 17.3. The van der Waals surface area contributed by atoms with Gasteiger partial charge in [-0.1, -0.05) is 48.0 Å². The highest BCUT2D eigenvalue weighted by Crippen LogP contribution is 2.39. The third-order valence-electron chi connectivity index (χ3n) is 6.06. The zero-order chi connectivity index (χ0) is 23.5. The average molecular weight is 475 g/mol. The van der Waals surface area contributed by atoms with Crippen molar-refractivity contribution in [2.75, 3.05) is 13.2 Å². The lowest BCUT2D eigenvalue weighted by Crippen LogP contribution is -2.47. The third kappa shape index (κ3) is 4.18. The van der Waals surface area contributed by atoms with Gasteiger partial charge in [0.15, 0.2) is 5.60 Å². The molecule has 0 bridgehead atoms. The fourth-order valence-electron chi connectivity index (χ4n) is 4.26. The Morgan fingerprint density at radius 1 is 1.03 bits per heavy atom. The number of aryl methyl sites for hydroxylation is 1. The van der Waals surface area contributed by atoms with Crippen LogP contribution in [0, 0.1) is 0 Å². The fourth-order valence-corrected chi connectivity index (χ4v) is 4.38. The summed E-state index contributed by atoms with van der Waals surface area (Å²) in [5.41, 5.74) is 2.88. The molecule has 172 valence electrons. The third-order valence-corrected chi connectivity index (χ3v) is 6.31. The van der Waals surface area contributed by atoms with Gasteiger partial charge in [0, 0.05) is 22.9 Å². The van der Waals surface area contributed by atoms with Crippen molar-refractivity contribution in [3.63, 3.8) is 0 Å². The minimum atomic E-state index is -1.28. The molecule has 2 heterocycles. The van der Waals surface area contributed by atoms with Crippen LogP contribution in [0.4, 0.5) is 0 Å². The van der Waals surface area contributed by atoms with E-state index >= 15 is 0 Å². The first-order valence-electron chi connectivity index (χ1n) is 11.0. The molecule has 0 saturated heterocycles. The highest BCUT2D eigenvalue weighted by atomic mass is 35.5. The Hall–Kier alpha value is -3.61. The molecule has 1 unspecified atom stereocenters. The topological polar surface area (TPSA) is 84.4 Å². The van der Waals surface area contributed by atoms with Crippen LogP contribution in [0.15, 0.2) is 79.0 Å². The standard InChI is InChI=1S/C27H23ClN2O4/c28-20-11-7-18(8-12-20)23-16-29-30-24(23)5-3-15-34-27(19-9-13-21(31)14-10-19)17-33-25-6-2-1-4-22(25)26(27)32/h1-2,4,6-14,16,31H,3,5,15,17H2,(H,29,30). The van der Waals surface area contributed by atoms with Gasteiger partial charge in [0.05, 0.1) is 11.8 Å². The van der Waals surface area contributed by atoms with Crippen LogP contribution in [0.3, 0.4) is 0 Å². The van der Waals surface area contributed by atoms with Crippen LogP contribution in [0.2, 0.25) is 5.02 Å². The average Bonchev–Trinajstić information content (AvgIpc) is 3.33. The fraction of sp³-hybridized carbons (Fsp3) is 0.185. The van der Waals surface area contributed by atoms with Gasteiger partial charge in [0.1, 0.15) is 18.1 Å². The summed E-state index contributed by atoms with van der Waals surface area (Å²) < 4.78 is 12.3. The molecule has 0 radical (unpaired) electrons. The number of para-hydroxylation sites is 1. The number of rotatable bonds is 7. The number of nitrogens with zero attached hydrogens (tertiary/aromatic N) is 1. The molecule has 4 aromatic rings. The number of hydrogen-bond acceptors (Lipinski definition) is 5. The smallest absolute Gasteiger partial charge is 0.206 e. The summed E-state index contributed by atoms with van der Waals surface area (Å²) in [5.74, 6) is 0.524. The van der Waals surface area contributed by atoms with Gasteiger partial charge in [-0.3, -0.25) is 9.89 Å². The zero-order valence-electron chi connectivity index (χ0n) is 18.3. The predicted molar refractivity (Wildman–Crippen MR) is 129 cm³/mol. The van der Waals surface area contributed by atoms with Crippen molar-refractivity contribution in [2.45, 2.75) is 18.4 Å². The lowest BCUT2D eigenvalue weighted by Gasteiger charge is -2.36. The summed E-state index contributed by atoms with van der Waals surface area (Å²) in [7, 11) is 0. The number of carbonyl (C=O) groups excluding carboxylic acids is 1. The predicted octanol–water partition coefficient (Wildman–Crippen LogP) is 5.56. The molecule has 6 nitrogen and oxygen atoms in total. The summed E-state index contributed by atoms with van der Waals surface area (Å²) in [5, 5.41) is 17.7. The molecule has 0 amide bonds. The van der Waals surface area contributed by atoms with Crippen LogP contribution in [-0.4, -0.2) is 34.3 Å². The van der Waals surface area contributed by atoms with Crippen LogP contribution in [0.25, 0.3) is 11.1 Å². The molecule has 2 N–H and O–H groups in total. The van der Waals surface area contributed by atoms with Crippen LogP contribution in [0.1, 0.15) is 28.0 Å². The van der Waals surface area contributed by atoms with E-state index in [2.05, 4.69) is 10.2 Å². The first-order chi connectivity index (χ1) is 16.6. The number of Topliss-reactive ketones (excluding diaryl/α,β-unsaturated/α-hetero) is 1. The Morgan fingerprint density at radius 2 is 1.79 bits per heavy atom. The Labute approximate surface area is 202 Å². The largest absolute Gasteiger partial charge is 0.508 e. The van der Waals surface area contributed by atoms with E-state index in [0.29, 0.717) is 41.3 Å². The van der Waals surface area contributed by atoms with Gasteiger partial charge >= 0.3 is 0 Å². The number of aromatic nitrogens is 2. The zero-order valence-corrected chi connectivity index (χ0v) is 19.1. The SMILES string of the molecule is O=C1c2ccccc2OCC1(OCCCc1[nH]ncc1-c1ccc(Cl)cc1)c1ccc(O)cc1. The number of ether oxygens (including phenoxy) is 2. The summed E-state index contributed by atoms with van der Waals surface area (Å²) in [6.45, 7) is 0.394. The van der Waals surface area contributed by atoms with Crippen LogP contribution in [0.5, 0.6) is 11.5 Å². The van der Waals surface area contributed by atoms with Gasteiger partial charge in [-0.25, -0.2) is 0 Å². The van der Waals surface area contributed by atoms with Gasteiger partial charge in [0.2, 0.25) is 5.78 Å². The minimum Gasteiger partial charge on any atom is -0.508 e. The van der Waals surface area contributed by atoms with Gasteiger partial charge in [-0.15, -0.1) is 0 Å². The number of carbonyl (C=O) groups is 1. The molecule has 0 aliphatic carbocycles. The second-order valence-electron chi connectivity index (χ2n) is 8.21. The van der Waals surface area contributed by atoms with Crippen molar-refractivity contribution in [3.05, 3.63) is 101 Å². The summed E-state index contributed by atoms with van der Waals surface area (Å²) >= 11 is 6.01. The maximum atomic E-state index is 13.6. The van der Waals surface area contributed by atoms with E-state index in [-0.39, 0.29) is 18.1 Å². The molecule has 1 atom stereocenters. The molecule has 3 aromatic carbocycles. The number of phenols is 1. The summed E-state index contributed by atoms with van der Waals surface area (Å²) in [4.78, 5) is 13.6. The lowest BCUT2D eigenvalue weighted by atomic mass is 9.84. The van der Waals surface area contributed by atoms with E-state index in [1.807, 2.05) is 36.4 Å². The highest BCUT2D eigenvalue weighted by Gasteiger charge is 2.46. The number of halogens is 1. The van der Waals surface area contributed by atoms with E-state index in [4.69, 9.17) is 21.1 Å². The number of H-pyrrole nitrogens is 1. The van der Waals surface area contributed by atoms with E-state index in [1.165, 1.54) is 0 Å². The number of benzene rings is 3. The van der Waals surface area contributed by atoms with Crippen molar-refractivity contribution < 1.29 is 19.4 Å². The van der Waals surface area contributed by atoms with Gasteiger partial charge in [-0.05, 0) is 60.4 Å². The maximum Gasteiger partial charge on any atom is 0.206 e. The van der Waals surface area contributed by atoms with Crippen LogP contribution < -0.4 is 4.74 Å². The molecule has 1 aliphatic rings. The first kappa shape index (κ1) is 22.2. The van der Waals surface area contributed by atoms with E-state index in [1.54, 1.807) is 42.6 Å². The van der Waals surface area contributed by atoms with Crippen molar-refractivity contribution in [2.24, 2.45) is 0 Å². The highest BCUT2D eigenvalue weighted by molar-refractivity contribution is 6.30. The maximum absolute atomic E-state index is 13.6. The summed E-state index contributed by atoms with van der Waals surface area (Å²) in [6, 6.07) is 21.3. The van der Waals surface area contributed by atoms with E-state index < -0.39 is 5.60 Å². The van der Waals surface area contributed by atoms with E-state index in [9.17, 15) is 9.90 Å². The van der Waals surface area contributed by atoms with Crippen molar-refractivity contribution in [1.82, 2.24) is 10.2 Å². The summed E-state index contributed by atoms with van der Waals surface area (Å²) in [6.07, 6.45) is 3.15.